The number of benzene rings is 1. The average molecular weight is 424 g/mol. The van der Waals surface area contributed by atoms with Crippen molar-refractivity contribution in [3.05, 3.63) is 56.2 Å². The van der Waals surface area contributed by atoms with Crippen LogP contribution < -0.4 is 5.43 Å². The van der Waals surface area contributed by atoms with Gasteiger partial charge in [-0.1, -0.05) is 19.9 Å². The maximum Gasteiger partial charge on any atom is 0.341 e. The fraction of sp³-hybridized carbons (Fsp3) is 0.417. The van der Waals surface area contributed by atoms with Gasteiger partial charge in [0.25, 0.3) is 0 Å². The van der Waals surface area contributed by atoms with Crippen LogP contribution in [-0.4, -0.2) is 20.7 Å². The van der Waals surface area contributed by atoms with Crippen molar-refractivity contribution in [3.8, 4) is 10.4 Å². The molecule has 30 heavy (non-hydrogen) atoms. The van der Waals surface area contributed by atoms with Crippen LogP contribution in [0.1, 0.15) is 71.6 Å². The van der Waals surface area contributed by atoms with Crippen molar-refractivity contribution < 1.29 is 15.0 Å². The van der Waals surface area contributed by atoms with E-state index >= 15 is 0 Å². The maximum absolute atomic E-state index is 12.8. The number of hydrogen-bond acceptors (Lipinski definition) is 4. The SMILES string of the molecule is Cc1c(-c2cc3c(s2)C(O)C(C)(C)CC3)ccc2c(=O)c(C(=O)O)cn(C3CC3)c12. The summed E-state index contributed by atoms with van der Waals surface area (Å²) in [6.07, 6.45) is 4.95. The summed E-state index contributed by atoms with van der Waals surface area (Å²) in [4.78, 5) is 26.5. The Morgan fingerprint density at radius 3 is 2.67 bits per heavy atom. The van der Waals surface area contributed by atoms with Gasteiger partial charge in [0.1, 0.15) is 5.56 Å². The third-order valence-corrected chi connectivity index (χ3v) is 8.01. The molecule has 0 bridgehead atoms. The number of aromatic carboxylic acids is 1. The van der Waals surface area contributed by atoms with Crippen LogP contribution in [-0.2, 0) is 6.42 Å². The van der Waals surface area contributed by atoms with Gasteiger partial charge in [0.2, 0.25) is 5.43 Å². The van der Waals surface area contributed by atoms with Gasteiger partial charge in [-0.05, 0) is 66.8 Å². The number of nitrogens with zero attached hydrogens (tertiary/aromatic N) is 1. The van der Waals surface area contributed by atoms with Gasteiger partial charge in [-0.3, -0.25) is 4.79 Å². The first-order chi connectivity index (χ1) is 14.2. The van der Waals surface area contributed by atoms with Crippen molar-refractivity contribution in [1.29, 1.82) is 0 Å². The molecule has 2 aliphatic carbocycles. The summed E-state index contributed by atoms with van der Waals surface area (Å²) in [5, 5.41) is 20.8. The molecule has 2 N–H and O–H groups in total. The van der Waals surface area contributed by atoms with Crippen molar-refractivity contribution in [2.24, 2.45) is 5.41 Å². The monoisotopic (exact) mass is 423 g/mol. The van der Waals surface area contributed by atoms with E-state index in [0.717, 1.165) is 52.1 Å². The Morgan fingerprint density at radius 2 is 2.00 bits per heavy atom. The van der Waals surface area contributed by atoms with Gasteiger partial charge >= 0.3 is 5.97 Å². The first-order valence-corrected chi connectivity index (χ1v) is 11.2. The molecule has 0 saturated heterocycles. The van der Waals surface area contributed by atoms with Crippen molar-refractivity contribution in [3.63, 3.8) is 0 Å². The van der Waals surface area contributed by atoms with E-state index in [1.165, 1.54) is 11.8 Å². The smallest absolute Gasteiger partial charge is 0.341 e. The number of carboxylic acids is 1. The standard InChI is InChI=1S/C24H25NO4S/c1-12-15(18-10-13-8-9-24(2,3)22(27)21(13)30-18)6-7-16-19(12)25(14-4-5-14)11-17(20(16)26)23(28)29/h6-7,10-11,14,22,27H,4-5,8-9H2,1-3H3,(H,28,29). The van der Waals surface area contributed by atoms with Gasteiger partial charge in [-0.15, -0.1) is 11.3 Å². The van der Waals surface area contributed by atoms with Crippen LogP contribution in [0.4, 0.5) is 0 Å². The number of aliphatic hydroxyl groups is 1. The number of hydrogen-bond donors (Lipinski definition) is 2. The van der Waals surface area contributed by atoms with Gasteiger partial charge in [0.05, 0.1) is 11.6 Å². The molecule has 0 spiro atoms. The lowest BCUT2D eigenvalue weighted by Crippen LogP contribution is -2.26. The molecule has 2 aliphatic rings. The van der Waals surface area contributed by atoms with Crippen molar-refractivity contribution >= 4 is 28.2 Å². The molecule has 1 saturated carbocycles. The number of fused-ring (bicyclic) bond motifs is 2. The Hall–Kier alpha value is -2.44. The second-order valence-corrected chi connectivity index (χ2v) is 10.4. The summed E-state index contributed by atoms with van der Waals surface area (Å²) in [6.45, 7) is 6.22. The highest BCUT2D eigenvalue weighted by Crippen LogP contribution is 2.49. The van der Waals surface area contributed by atoms with Crippen LogP contribution in [0.3, 0.4) is 0 Å². The van der Waals surface area contributed by atoms with Gasteiger partial charge < -0.3 is 14.8 Å². The molecule has 5 nitrogen and oxygen atoms in total. The number of pyridine rings is 1. The molecule has 2 heterocycles. The maximum atomic E-state index is 12.8. The predicted octanol–water partition coefficient (Wildman–Crippen LogP) is 5.08. The second-order valence-electron chi connectivity index (χ2n) is 9.34. The zero-order valence-corrected chi connectivity index (χ0v) is 18.2. The quantitative estimate of drug-likeness (QED) is 0.616. The number of carboxylic acid groups (broad SMARTS) is 1. The number of rotatable bonds is 3. The fourth-order valence-corrected chi connectivity index (χ4v) is 6.13. The summed E-state index contributed by atoms with van der Waals surface area (Å²) in [5.74, 6) is -1.18. The summed E-state index contributed by atoms with van der Waals surface area (Å²) in [5.41, 5.74) is 3.35. The van der Waals surface area contributed by atoms with Gasteiger partial charge in [0.15, 0.2) is 0 Å². The Morgan fingerprint density at radius 1 is 1.27 bits per heavy atom. The van der Waals surface area contributed by atoms with E-state index in [-0.39, 0.29) is 17.0 Å². The zero-order valence-electron chi connectivity index (χ0n) is 17.4. The van der Waals surface area contributed by atoms with Crippen LogP contribution in [0.2, 0.25) is 0 Å². The third-order valence-electron chi connectivity index (χ3n) is 6.75. The summed E-state index contributed by atoms with van der Waals surface area (Å²) in [7, 11) is 0. The Balaban J connectivity index is 1.72. The molecule has 1 aromatic carbocycles. The van der Waals surface area contributed by atoms with Crippen LogP contribution >= 0.6 is 11.3 Å². The minimum Gasteiger partial charge on any atom is -0.477 e. The Kier molecular flexibility index (Phi) is 4.25. The Labute approximate surface area is 178 Å². The highest BCUT2D eigenvalue weighted by atomic mass is 32.1. The normalized spacial score (nSPS) is 20.3. The van der Waals surface area contributed by atoms with E-state index in [9.17, 15) is 19.8 Å². The second kappa shape index (κ2) is 6.53. The predicted molar refractivity (Wildman–Crippen MR) is 119 cm³/mol. The highest BCUT2D eigenvalue weighted by molar-refractivity contribution is 7.15. The molecule has 2 aromatic heterocycles. The molecule has 6 heteroatoms. The van der Waals surface area contributed by atoms with Crippen LogP contribution in [0.15, 0.2) is 29.2 Å². The van der Waals surface area contributed by atoms with E-state index in [1.54, 1.807) is 17.4 Å². The summed E-state index contributed by atoms with van der Waals surface area (Å²) >= 11 is 1.63. The highest BCUT2D eigenvalue weighted by Gasteiger charge is 2.36. The first kappa shape index (κ1) is 19.5. The molecular weight excluding hydrogens is 398 g/mol. The topological polar surface area (TPSA) is 79.5 Å². The summed E-state index contributed by atoms with van der Waals surface area (Å²) < 4.78 is 1.99. The minimum absolute atomic E-state index is 0.132. The van der Waals surface area contributed by atoms with E-state index in [0.29, 0.717) is 5.39 Å². The lowest BCUT2D eigenvalue weighted by Gasteiger charge is -2.34. The minimum atomic E-state index is -1.18. The molecular formula is C24H25NO4S. The number of carbonyl (C=O) groups is 1. The third kappa shape index (κ3) is 2.85. The Bertz CT molecular complexity index is 1260. The van der Waals surface area contributed by atoms with Crippen molar-refractivity contribution in [1.82, 2.24) is 4.57 Å². The number of aromatic nitrogens is 1. The van der Waals surface area contributed by atoms with Crippen LogP contribution in [0, 0.1) is 12.3 Å². The first-order valence-electron chi connectivity index (χ1n) is 10.4. The number of aliphatic hydroxyl groups excluding tert-OH is 1. The molecule has 1 unspecified atom stereocenters. The van der Waals surface area contributed by atoms with E-state index in [2.05, 4.69) is 19.9 Å². The van der Waals surface area contributed by atoms with Gasteiger partial charge in [-0.25, -0.2) is 4.79 Å². The lowest BCUT2D eigenvalue weighted by atomic mass is 9.75. The molecule has 156 valence electrons. The molecule has 0 radical (unpaired) electrons. The van der Waals surface area contributed by atoms with Crippen molar-refractivity contribution in [2.75, 3.05) is 0 Å². The van der Waals surface area contributed by atoms with Gasteiger partial charge in [-0.2, -0.15) is 0 Å². The van der Waals surface area contributed by atoms with Gasteiger partial charge in [0, 0.05) is 27.4 Å². The number of thiophene rings is 1. The van der Waals surface area contributed by atoms with E-state index in [1.807, 2.05) is 17.6 Å². The molecule has 1 fully saturated rings. The zero-order chi connectivity index (χ0) is 21.4. The fourth-order valence-electron chi connectivity index (χ4n) is 4.63. The van der Waals surface area contributed by atoms with Crippen LogP contribution in [0.25, 0.3) is 21.3 Å². The summed E-state index contributed by atoms with van der Waals surface area (Å²) in [6, 6.07) is 6.12. The molecule has 5 rings (SSSR count). The average Bonchev–Trinajstić information content (AvgIpc) is 3.44. The van der Waals surface area contributed by atoms with E-state index in [4.69, 9.17) is 0 Å². The molecule has 0 aliphatic heterocycles. The van der Waals surface area contributed by atoms with E-state index < -0.39 is 17.5 Å². The largest absolute Gasteiger partial charge is 0.477 e. The van der Waals surface area contributed by atoms with Crippen molar-refractivity contribution in [2.45, 2.75) is 58.6 Å². The lowest BCUT2D eigenvalue weighted by molar-refractivity contribution is 0.0373. The number of aryl methyl sites for hydroxylation is 2. The van der Waals surface area contributed by atoms with Crippen LogP contribution in [0.5, 0.6) is 0 Å². The molecule has 0 amide bonds. The molecule has 3 aromatic rings. The molecule has 1 atom stereocenters.